The molecule has 2 aromatic carbocycles. The molecule has 0 saturated heterocycles. The molecule has 0 spiro atoms. The van der Waals surface area contributed by atoms with Crippen LogP contribution in [0.15, 0.2) is 59.1 Å². The third-order valence-corrected chi connectivity index (χ3v) is 9.71. The Hall–Kier alpha value is -3.03. The SMILES string of the molecule is CC(C)(C)[S@+]([O-])NC(Cc1nc(C#N)cc([Si](C)(C)C)c1F)c1ccccc1-c1noc2ccccc12. The van der Waals surface area contributed by atoms with Crippen molar-refractivity contribution in [3.8, 4) is 17.3 Å². The molecule has 4 rings (SSSR count). The number of nitrogens with one attached hydrogen (secondary N) is 1. The lowest BCUT2D eigenvalue weighted by atomic mass is 9.94. The Morgan fingerprint density at radius 2 is 1.81 bits per heavy atom. The largest absolute Gasteiger partial charge is 0.598 e. The minimum absolute atomic E-state index is 0.105. The number of pyridine rings is 1. The molecule has 2 heterocycles. The fourth-order valence-corrected chi connectivity index (χ4v) is 6.33. The van der Waals surface area contributed by atoms with Crippen LogP contribution in [0.4, 0.5) is 4.39 Å². The average Bonchev–Trinajstić information content (AvgIpc) is 3.27. The van der Waals surface area contributed by atoms with E-state index in [0.717, 1.165) is 16.5 Å². The lowest BCUT2D eigenvalue weighted by Crippen LogP contribution is -2.43. The van der Waals surface area contributed by atoms with E-state index in [1.165, 1.54) is 0 Å². The van der Waals surface area contributed by atoms with Gasteiger partial charge in [-0.25, -0.2) is 9.37 Å². The van der Waals surface area contributed by atoms with Gasteiger partial charge in [-0.05, 0) is 49.7 Å². The number of rotatable bonds is 7. The number of hydrogen-bond acceptors (Lipinski definition) is 6. The van der Waals surface area contributed by atoms with Crippen molar-refractivity contribution in [1.82, 2.24) is 14.9 Å². The topological polar surface area (TPSA) is 97.8 Å². The quantitative estimate of drug-likeness (QED) is 0.238. The van der Waals surface area contributed by atoms with Crippen molar-refractivity contribution in [3.05, 3.63) is 77.4 Å². The van der Waals surface area contributed by atoms with Crippen LogP contribution in [0.3, 0.4) is 0 Å². The summed E-state index contributed by atoms with van der Waals surface area (Å²) in [4.78, 5) is 4.36. The van der Waals surface area contributed by atoms with E-state index in [9.17, 15) is 9.81 Å². The highest BCUT2D eigenvalue weighted by Crippen LogP contribution is 2.35. The number of fused-ring (bicyclic) bond motifs is 1. The van der Waals surface area contributed by atoms with Crippen LogP contribution < -0.4 is 9.91 Å². The van der Waals surface area contributed by atoms with Gasteiger partial charge in [-0.2, -0.15) is 5.26 Å². The van der Waals surface area contributed by atoms with Crippen molar-refractivity contribution in [2.24, 2.45) is 0 Å². The number of aromatic nitrogens is 2. The Balaban J connectivity index is 1.87. The number of nitriles is 1. The molecule has 0 bridgehead atoms. The molecule has 6 nitrogen and oxygen atoms in total. The Morgan fingerprint density at radius 3 is 2.49 bits per heavy atom. The molecule has 1 unspecified atom stereocenters. The second-order valence-corrected chi connectivity index (χ2v) is 18.1. The molecular formula is C28H31FN4O2SSi. The number of hydrogen-bond donors (Lipinski definition) is 1. The van der Waals surface area contributed by atoms with Gasteiger partial charge in [0.25, 0.3) is 0 Å². The van der Waals surface area contributed by atoms with E-state index >= 15 is 4.39 Å². The molecular weight excluding hydrogens is 503 g/mol. The molecule has 0 radical (unpaired) electrons. The number of nitrogens with zero attached hydrogens (tertiary/aromatic N) is 3. The highest BCUT2D eigenvalue weighted by Gasteiger charge is 2.33. The Bertz CT molecular complexity index is 1470. The fraction of sp³-hybridized carbons (Fsp3) is 0.321. The summed E-state index contributed by atoms with van der Waals surface area (Å²) < 4.78 is 37.4. The van der Waals surface area contributed by atoms with Crippen molar-refractivity contribution >= 4 is 35.6 Å². The minimum atomic E-state index is -2.10. The van der Waals surface area contributed by atoms with E-state index in [2.05, 4.69) is 20.9 Å². The third kappa shape index (κ3) is 5.78. The Labute approximate surface area is 221 Å². The van der Waals surface area contributed by atoms with Gasteiger partial charge in [-0.3, -0.25) is 0 Å². The Morgan fingerprint density at radius 1 is 1.14 bits per heavy atom. The zero-order valence-corrected chi connectivity index (χ0v) is 23.7. The smallest absolute Gasteiger partial charge is 0.167 e. The molecule has 2 aromatic heterocycles. The molecule has 0 fully saturated rings. The van der Waals surface area contributed by atoms with E-state index in [1.54, 1.807) is 6.07 Å². The highest BCUT2D eigenvalue weighted by atomic mass is 32.2. The molecule has 0 saturated carbocycles. The van der Waals surface area contributed by atoms with Crippen molar-refractivity contribution in [3.63, 3.8) is 0 Å². The van der Waals surface area contributed by atoms with Gasteiger partial charge in [0.05, 0.1) is 19.8 Å². The summed E-state index contributed by atoms with van der Waals surface area (Å²) >= 11 is -1.46. The van der Waals surface area contributed by atoms with Gasteiger partial charge < -0.3 is 9.08 Å². The van der Waals surface area contributed by atoms with Gasteiger partial charge in [0, 0.05) is 28.7 Å². The normalized spacial score (nSPS) is 13.9. The maximum atomic E-state index is 15.8. The van der Waals surface area contributed by atoms with Crippen LogP contribution in [0.1, 0.15) is 43.8 Å². The maximum Gasteiger partial charge on any atom is 0.167 e. The van der Waals surface area contributed by atoms with E-state index in [1.807, 2.05) is 88.9 Å². The predicted molar refractivity (Wildman–Crippen MR) is 149 cm³/mol. The zero-order valence-electron chi connectivity index (χ0n) is 21.9. The zero-order chi connectivity index (χ0) is 27.0. The first-order valence-electron chi connectivity index (χ1n) is 12.1. The van der Waals surface area contributed by atoms with Gasteiger partial charge in [-0.1, -0.05) is 61.2 Å². The molecule has 0 aliphatic rings. The van der Waals surface area contributed by atoms with Gasteiger partial charge in [0.1, 0.15) is 28.0 Å². The van der Waals surface area contributed by atoms with Crippen LogP contribution in [0.2, 0.25) is 19.6 Å². The van der Waals surface area contributed by atoms with Crippen molar-refractivity contribution in [1.29, 1.82) is 5.26 Å². The summed E-state index contributed by atoms with van der Waals surface area (Å²) in [6.07, 6.45) is 0.105. The third-order valence-electron chi connectivity index (χ3n) is 6.12. The first-order chi connectivity index (χ1) is 17.4. The molecule has 37 heavy (non-hydrogen) atoms. The molecule has 9 heteroatoms. The minimum Gasteiger partial charge on any atom is -0.598 e. The van der Waals surface area contributed by atoms with Crippen molar-refractivity contribution in [2.75, 3.05) is 0 Å². The molecule has 0 aliphatic carbocycles. The molecule has 1 N–H and O–H groups in total. The predicted octanol–water partition coefficient (Wildman–Crippen LogP) is 5.78. The van der Waals surface area contributed by atoms with Crippen molar-refractivity contribution in [2.45, 2.75) is 57.6 Å². The molecule has 4 aromatic rings. The number of halogens is 1. The second-order valence-electron chi connectivity index (χ2n) is 11.0. The molecule has 2 atom stereocenters. The van der Waals surface area contributed by atoms with Crippen LogP contribution in [0, 0.1) is 17.1 Å². The number of benzene rings is 2. The number of para-hydroxylation sites is 1. The molecule has 192 valence electrons. The Kier molecular flexibility index (Phi) is 7.58. The van der Waals surface area contributed by atoms with E-state index in [0.29, 0.717) is 16.5 Å². The first kappa shape index (κ1) is 27.0. The lowest BCUT2D eigenvalue weighted by molar-refractivity contribution is 0.459. The van der Waals surface area contributed by atoms with Crippen LogP contribution in [-0.4, -0.2) is 27.5 Å². The summed E-state index contributed by atoms with van der Waals surface area (Å²) in [5, 5.41) is 15.3. The average molecular weight is 535 g/mol. The first-order valence-corrected chi connectivity index (χ1v) is 16.8. The summed E-state index contributed by atoms with van der Waals surface area (Å²) in [7, 11) is -2.10. The second kappa shape index (κ2) is 10.4. The summed E-state index contributed by atoms with van der Waals surface area (Å²) in [5.41, 5.74) is 3.25. The maximum absolute atomic E-state index is 15.8. The lowest BCUT2D eigenvalue weighted by Gasteiger charge is -2.29. The van der Waals surface area contributed by atoms with Crippen LogP contribution in [-0.2, 0) is 17.8 Å². The monoisotopic (exact) mass is 534 g/mol. The summed E-state index contributed by atoms with van der Waals surface area (Å²) in [5.74, 6) is -0.393. The van der Waals surface area contributed by atoms with E-state index in [4.69, 9.17) is 4.52 Å². The van der Waals surface area contributed by atoms with E-state index < -0.39 is 36.0 Å². The van der Waals surface area contributed by atoms with Crippen LogP contribution in [0.5, 0.6) is 0 Å². The van der Waals surface area contributed by atoms with Gasteiger partial charge in [-0.15, -0.1) is 4.72 Å². The highest BCUT2D eigenvalue weighted by molar-refractivity contribution is 7.90. The van der Waals surface area contributed by atoms with Gasteiger partial charge in [0.2, 0.25) is 0 Å². The van der Waals surface area contributed by atoms with Gasteiger partial charge >= 0.3 is 0 Å². The molecule has 0 aliphatic heterocycles. The van der Waals surface area contributed by atoms with Crippen LogP contribution in [0.25, 0.3) is 22.2 Å². The fourth-order valence-electron chi connectivity index (χ4n) is 4.13. The summed E-state index contributed by atoms with van der Waals surface area (Å²) in [6.45, 7) is 11.7. The van der Waals surface area contributed by atoms with Crippen LogP contribution >= 0.6 is 0 Å². The van der Waals surface area contributed by atoms with Gasteiger partial charge in [0.15, 0.2) is 5.58 Å². The summed E-state index contributed by atoms with van der Waals surface area (Å²) in [6, 6.07) is 18.3. The van der Waals surface area contributed by atoms with E-state index in [-0.39, 0.29) is 17.8 Å². The van der Waals surface area contributed by atoms with Crippen molar-refractivity contribution < 1.29 is 13.5 Å². The molecule has 0 amide bonds. The standard InChI is InChI=1S/C28H31FN4O2SSi/c1-28(2,3)36(34)33-22(16-23-26(29)25(37(4,5)6)15-18(17-30)31-23)19-11-7-8-12-20(19)27-21-13-9-10-14-24(21)35-32-27/h7-15,22,33H,16H2,1-6H3/t22?,36-/m0/s1.